The normalized spacial score (nSPS) is 11.8. The first-order valence-electron chi connectivity index (χ1n) is 7.97. The molecule has 2 aromatic carbocycles. The van der Waals surface area contributed by atoms with Crippen molar-refractivity contribution in [2.45, 2.75) is 12.6 Å². The minimum atomic E-state index is -4.79. The summed E-state index contributed by atoms with van der Waals surface area (Å²) in [5, 5.41) is 9.86. The number of hydrogen-bond acceptors (Lipinski definition) is 3. The molecule has 0 aliphatic rings. The Morgan fingerprint density at radius 2 is 1.85 bits per heavy atom. The van der Waals surface area contributed by atoms with Gasteiger partial charge in [-0.25, -0.2) is 0 Å². The van der Waals surface area contributed by atoms with E-state index in [0.29, 0.717) is 15.3 Å². The van der Waals surface area contributed by atoms with Crippen molar-refractivity contribution in [3.63, 3.8) is 0 Å². The fourth-order valence-corrected chi connectivity index (χ4v) is 3.18. The van der Waals surface area contributed by atoms with Gasteiger partial charge >= 0.3 is 6.18 Å². The van der Waals surface area contributed by atoms with E-state index in [9.17, 15) is 23.1 Å². The number of aromatic nitrogens is 1. The van der Waals surface area contributed by atoms with Crippen molar-refractivity contribution in [1.29, 1.82) is 0 Å². The van der Waals surface area contributed by atoms with E-state index in [2.05, 4.69) is 0 Å². The van der Waals surface area contributed by atoms with Gasteiger partial charge in [-0.1, -0.05) is 11.6 Å². The summed E-state index contributed by atoms with van der Waals surface area (Å²) in [5.74, 6) is -0.482. The average molecular weight is 398 g/mol. The Hall–Kier alpha value is -2.51. The number of halogens is 4. The minimum absolute atomic E-state index is 0.0631. The minimum Gasteiger partial charge on any atom is -0.497 e. The van der Waals surface area contributed by atoms with Crippen molar-refractivity contribution in [2.24, 2.45) is 0 Å². The lowest BCUT2D eigenvalue weighted by Crippen LogP contribution is -2.22. The molecule has 1 N–H and O–H groups in total. The van der Waals surface area contributed by atoms with Crippen molar-refractivity contribution >= 4 is 28.4 Å². The second-order valence-electron chi connectivity index (χ2n) is 5.83. The van der Waals surface area contributed by atoms with Crippen LogP contribution in [-0.2, 0) is 12.6 Å². The summed E-state index contributed by atoms with van der Waals surface area (Å²) in [7, 11) is 1.40. The van der Waals surface area contributed by atoms with Crippen LogP contribution in [0.5, 0.6) is 5.75 Å². The second kappa shape index (κ2) is 7.25. The number of nitrogens with zero attached hydrogens (tertiary/aromatic N) is 1. The van der Waals surface area contributed by atoms with Gasteiger partial charge in [-0.15, -0.1) is 0 Å². The third-order valence-electron chi connectivity index (χ3n) is 4.20. The summed E-state index contributed by atoms with van der Waals surface area (Å²) >= 11 is 5.80. The predicted octanol–water partition coefficient (Wildman–Crippen LogP) is 4.55. The van der Waals surface area contributed by atoms with Crippen LogP contribution in [0.2, 0.25) is 5.02 Å². The molecular weight excluding hydrogens is 383 g/mol. The van der Waals surface area contributed by atoms with Crippen LogP contribution < -0.4 is 4.74 Å². The molecule has 142 valence electrons. The van der Waals surface area contributed by atoms with Gasteiger partial charge < -0.3 is 9.84 Å². The molecule has 0 atom stereocenters. The van der Waals surface area contributed by atoms with Gasteiger partial charge in [-0.05, 0) is 54.4 Å². The number of fused-ring (bicyclic) bond motifs is 1. The van der Waals surface area contributed by atoms with E-state index in [1.807, 2.05) is 0 Å². The molecule has 8 heteroatoms. The maximum Gasteiger partial charge on any atom is 0.432 e. The summed E-state index contributed by atoms with van der Waals surface area (Å²) in [6, 6.07) is 9.92. The highest BCUT2D eigenvalue weighted by molar-refractivity contribution is 6.30. The first-order valence-corrected chi connectivity index (χ1v) is 8.35. The maximum absolute atomic E-state index is 13.9. The van der Waals surface area contributed by atoms with E-state index >= 15 is 0 Å². The van der Waals surface area contributed by atoms with Crippen LogP contribution in [0.25, 0.3) is 10.9 Å². The predicted molar refractivity (Wildman–Crippen MR) is 95.5 cm³/mol. The quantitative estimate of drug-likeness (QED) is 0.703. The molecule has 0 saturated carbocycles. The number of aliphatic hydroxyl groups excluding tert-OH is 1. The number of carbonyl (C=O) groups is 1. The number of carbonyl (C=O) groups excluding carboxylic acids is 1. The molecule has 0 bridgehead atoms. The van der Waals surface area contributed by atoms with Crippen LogP contribution in [0, 0.1) is 0 Å². The molecule has 1 aromatic heterocycles. The van der Waals surface area contributed by atoms with E-state index in [0.717, 1.165) is 0 Å². The third-order valence-corrected chi connectivity index (χ3v) is 4.46. The standard InChI is InChI=1S/C19H15ClF3NO3/c1-27-13-6-7-16-15(10-13)14(8-9-25)17(19(21,22)23)24(16)18(26)11-2-4-12(20)5-3-11/h2-7,10,25H,8-9H2,1H3. The molecule has 0 aliphatic carbocycles. The molecule has 0 unspecified atom stereocenters. The fourth-order valence-electron chi connectivity index (χ4n) is 3.06. The Bertz CT molecular complexity index is 994. The Kier molecular flexibility index (Phi) is 5.17. The summed E-state index contributed by atoms with van der Waals surface area (Å²) < 4.78 is 47.4. The molecule has 0 spiro atoms. The maximum atomic E-state index is 13.9. The van der Waals surface area contributed by atoms with Crippen molar-refractivity contribution in [3.8, 4) is 5.75 Å². The van der Waals surface area contributed by atoms with Gasteiger partial charge in [0.15, 0.2) is 0 Å². The van der Waals surface area contributed by atoms with Crippen LogP contribution in [0.4, 0.5) is 13.2 Å². The van der Waals surface area contributed by atoms with Gasteiger partial charge in [-0.3, -0.25) is 9.36 Å². The van der Waals surface area contributed by atoms with Gasteiger partial charge in [0.1, 0.15) is 11.4 Å². The Morgan fingerprint density at radius 1 is 1.19 bits per heavy atom. The van der Waals surface area contributed by atoms with Gasteiger partial charge in [0, 0.05) is 22.6 Å². The Labute approximate surface area is 157 Å². The monoisotopic (exact) mass is 397 g/mol. The SMILES string of the molecule is COc1ccc2c(c1)c(CCO)c(C(F)(F)F)n2C(=O)c1ccc(Cl)cc1. The smallest absolute Gasteiger partial charge is 0.432 e. The zero-order valence-electron chi connectivity index (χ0n) is 14.2. The summed E-state index contributed by atoms with van der Waals surface area (Å²) in [6.07, 6.45) is -5.04. The van der Waals surface area contributed by atoms with Crippen LogP contribution in [0.15, 0.2) is 42.5 Å². The molecule has 3 rings (SSSR count). The summed E-state index contributed by atoms with van der Waals surface area (Å²) in [6.45, 7) is -0.492. The van der Waals surface area contributed by atoms with E-state index in [4.69, 9.17) is 16.3 Å². The fraction of sp³-hybridized carbons (Fsp3) is 0.211. The van der Waals surface area contributed by atoms with Crippen LogP contribution >= 0.6 is 11.6 Å². The number of ether oxygens (including phenoxy) is 1. The lowest BCUT2D eigenvalue weighted by atomic mass is 10.1. The number of methoxy groups -OCH3 is 1. The number of aliphatic hydroxyl groups is 1. The molecule has 3 aromatic rings. The molecule has 0 radical (unpaired) electrons. The zero-order chi connectivity index (χ0) is 19.8. The van der Waals surface area contributed by atoms with E-state index in [1.54, 1.807) is 0 Å². The third kappa shape index (κ3) is 3.52. The molecule has 0 fully saturated rings. The Balaban J connectivity index is 2.35. The van der Waals surface area contributed by atoms with Gasteiger partial charge in [0.05, 0.1) is 12.6 Å². The van der Waals surface area contributed by atoms with E-state index in [-0.39, 0.29) is 28.5 Å². The number of alkyl halides is 3. The highest BCUT2D eigenvalue weighted by Gasteiger charge is 2.40. The topological polar surface area (TPSA) is 51.5 Å². The first-order chi connectivity index (χ1) is 12.8. The van der Waals surface area contributed by atoms with Crippen LogP contribution in [0.3, 0.4) is 0 Å². The van der Waals surface area contributed by atoms with Crippen LogP contribution in [-0.4, -0.2) is 29.3 Å². The van der Waals surface area contributed by atoms with Crippen molar-refractivity contribution < 1.29 is 27.8 Å². The van der Waals surface area contributed by atoms with Crippen LogP contribution in [0.1, 0.15) is 21.6 Å². The van der Waals surface area contributed by atoms with Crippen molar-refractivity contribution in [1.82, 2.24) is 4.57 Å². The number of benzene rings is 2. The van der Waals surface area contributed by atoms with Crippen molar-refractivity contribution in [2.75, 3.05) is 13.7 Å². The summed E-state index contributed by atoms with van der Waals surface area (Å²) in [5.41, 5.74) is -1.10. The molecular formula is C19H15ClF3NO3. The number of rotatable bonds is 4. The highest BCUT2D eigenvalue weighted by Crippen LogP contribution is 2.40. The lowest BCUT2D eigenvalue weighted by molar-refractivity contribution is -0.142. The Morgan fingerprint density at radius 3 is 2.41 bits per heavy atom. The highest BCUT2D eigenvalue weighted by atomic mass is 35.5. The molecule has 0 saturated heterocycles. The van der Waals surface area contributed by atoms with E-state index in [1.165, 1.54) is 49.6 Å². The largest absolute Gasteiger partial charge is 0.497 e. The molecule has 0 amide bonds. The molecule has 1 heterocycles. The van der Waals surface area contributed by atoms with Gasteiger partial charge in [-0.2, -0.15) is 13.2 Å². The lowest BCUT2D eigenvalue weighted by Gasteiger charge is -2.14. The molecule has 0 aliphatic heterocycles. The summed E-state index contributed by atoms with van der Waals surface area (Å²) in [4.78, 5) is 12.9. The average Bonchev–Trinajstić information content (AvgIpc) is 2.96. The van der Waals surface area contributed by atoms with Crippen molar-refractivity contribution in [3.05, 3.63) is 64.3 Å². The zero-order valence-corrected chi connectivity index (χ0v) is 14.9. The van der Waals surface area contributed by atoms with Gasteiger partial charge in [0.2, 0.25) is 0 Å². The van der Waals surface area contributed by atoms with Gasteiger partial charge in [0.25, 0.3) is 5.91 Å². The number of hydrogen-bond donors (Lipinski definition) is 1. The molecule has 4 nitrogen and oxygen atoms in total. The second-order valence-corrected chi connectivity index (χ2v) is 6.27. The van der Waals surface area contributed by atoms with E-state index < -0.39 is 24.4 Å². The molecule has 27 heavy (non-hydrogen) atoms. The first kappa shape index (κ1) is 19.3.